The SMILES string of the molecule is COc1cc(CO[C@H]2CCCN(C(=O)c3ccc(Cl)cc3Cl)C2)cc(OC)c1. The zero-order valence-corrected chi connectivity index (χ0v) is 17.4. The maximum absolute atomic E-state index is 12.8. The van der Waals surface area contributed by atoms with Crippen LogP contribution in [0.4, 0.5) is 0 Å². The number of likely N-dealkylation sites (tertiary alicyclic amines) is 1. The second-order valence-electron chi connectivity index (χ2n) is 6.67. The van der Waals surface area contributed by atoms with Gasteiger partial charge in [0, 0.05) is 24.2 Å². The quantitative estimate of drug-likeness (QED) is 0.667. The van der Waals surface area contributed by atoms with Gasteiger partial charge in [0.1, 0.15) is 11.5 Å². The first kappa shape index (κ1) is 20.8. The summed E-state index contributed by atoms with van der Waals surface area (Å²) in [5, 5.41) is 0.874. The van der Waals surface area contributed by atoms with E-state index in [-0.39, 0.29) is 12.0 Å². The van der Waals surface area contributed by atoms with Gasteiger partial charge < -0.3 is 19.1 Å². The van der Waals surface area contributed by atoms with Crippen LogP contribution in [0, 0.1) is 0 Å². The fourth-order valence-corrected chi connectivity index (χ4v) is 3.75. The number of hydrogen-bond acceptors (Lipinski definition) is 4. The van der Waals surface area contributed by atoms with Crippen molar-refractivity contribution < 1.29 is 19.0 Å². The summed E-state index contributed by atoms with van der Waals surface area (Å²) in [5.74, 6) is 1.34. The Morgan fingerprint density at radius 2 is 1.82 bits per heavy atom. The number of ether oxygens (including phenoxy) is 3. The number of carbonyl (C=O) groups is 1. The monoisotopic (exact) mass is 423 g/mol. The minimum atomic E-state index is -0.0991. The fraction of sp³-hybridized carbons (Fsp3) is 0.381. The lowest BCUT2D eigenvalue weighted by molar-refractivity contribution is -0.00680. The number of halogens is 2. The molecule has 3 rings (SSSR count). The van der Waals surface area contributed by atoms with E-state index in [1.165, 1.54) is 0 Å². The Balaban J connectivity index is 1.63. The number of carbonyl (C=O) groups excluding carboxylic acids is 1. The molecule has 2 aromatic carbocycles. The molecule has 0 aliphatic carbocycles. The minimum absolute atomic E-state index is 0.0408. The van der Waals surface area contributed by atoms with Crippen molar-refractivity contribution >= 4 is 29.1 Å². The lowest BCUT2D eigenvalue weighted by Gasteiger charge is -2.33. The summed E-state index contributed by atoms with van der Waals surface area (Å²) < 4.78 is 16.7. The number of amides is 1. The van der Waals surface area contributed by atoms with Gasteiger partial charge in [-0.15, -0.1) is 0 Å². The van der Waals surface area contributed by atoms with Gasteiger partial charge in [-0.2, -0.15) is 0 Å². The molecular formula is C21H23Cl2NO4. The molecule has 0 aromatic heterocycles. The molecule has 0 saturated carbocycles. The first-order chi connectivity index (χ1) is 13.5. The third-order valence-corrected chi connectivity index (χ3v) is 5.27. The van der Waals surface area contributed by atoms with E-state index in [0.717, 1.165) is 29.9 Å². The maximum atomic E-state index is 12.8. The predicted molar refractivity (Wildman–Crippen MR) is 110 cm³/mol. The van der Waals surface area contributed by atoms with Crippen molar-refractivity contribution in [2.24, 2.45) is 0 Å². The van der Waals surface area contributed by atoms with E-state index in [0.29, 0.717) is 35.3 Å². The smallest absolute Gasteiger partial charge is 0.255 e. The minimum Gasteiger partial charge on any atom is -0.497 e. The second-order valence-corrected chi connectivity index (χ2v) is 7.52. The fourth-order valence-electron chi connectivity index (χ4n) is 3.26. The molecule has 0 unspecified atom stereocenters. The molecule has 28 heavy (non-hydrogen) atoms. The van der Waals surface area contributed by atoms with Crippen LogP contribution in [0.25, 0.3) is 0 Å². The summed E-state index contributed by atoms with van der Waals surface area (Å²) in [7, 11) is 3.23. The van der Waals surface area contributed by atoms with E-state index in [1.54, 1.807) is 37.3 Å². The standard InChI is InChI=1S/C21H23Cl2NO4/c1-26-17-8-14(9-18(11-17)27-2)13-28-16-4-3-7-24(12-16)21(25)19-6-5-15(22)10-20(19)23/h5-6,8-11,16H,3-4,7,12-13H2,1-2H3/t16-/m0/s1. The van der Waals surface area contributed by atoms with Crippen molar-refractivity contribution in [3.05, 3.63) is 57.6 Å². The Morgan fingerprint density at radius 3 is 2.46 bits per heavy atom. The first-order valence-corrected chi connectivity index (χ1v) is 9.83. The van der Waals surface area contributed by atoms with Crippen molar-refractivity contribution in [3.8, 4) is 11.5 Å². The summed E-state index contributed by atoms with van der Waals surface area (Å²) in [4.78, 5) is 14.6. The van der Waals surface area contributed by atoms with Gasteiger partial charge in [0.05, 0.1) is 37.5 Å². The van der Waals surface area contributed by atoms with Gasteiger partial charge in [-0.25, -0.2) is 0 Å². The maximum Gasteiger partial charge on any atom is 0.255 e. The summed E-state index contributed by atoms with van der Waals surface area (Å²) in [6, 6.07) is 10.6. The molecule has 0 bridgehead atoms. The van der Waals surface area contributed by atoms with Crippen molar-refractivity contribution in [3.63, 3.8) is 0 Å². The molecule has 1 fully saturated rings. The molecule has 1 heterocycles. The highest BCUT2D eigenvalue weighted by atomic mass is 35.5. The van der Waals surface area contributed by atoms with Crippen molar-refractivity contribution in [2.45, 2.75) is 25.6 Å². The number of nitrogens with zero attached hydrogens (tertiary/aromatic N) is 1. The van der Waals surface area contributed by atoms with E-state index < -0.39 is 0 Å². The average Bonchev–Trinajstić information content (AvgIpc) is 2.71. The predicted octanol–water partition coefficient (Wildman–Crippen LogP) is 4.83. The zero-order valence-electron chi connectivity index (χ0n) is 15.9. The van der Waals surface area contributed by atoms with Gasteiger partial charge in [-0.3, -0.25) is 4.79 Å². The number of rotatable bonds is 6. The Labute approximate surface area is 175 Å². The summed E-state index contributed by atoms with van der Waals surface area (Å²) in [6.07, 6.45) is 1.74. The first-order valence-electron chi connectivity index (χ1n) is 9.08. The highest BCUT2D eigenvalue weighted by molar-refractivity contribution is 6.36. The van der Waals surface area contributed by atoms with Crippen LogP contribution in [-0.2, 0) is 11.3 Å². The molecule has 0 radical (unpaired) electrons. The third kappa shape index (κ3) is 5.10. The van der Waals surface area contributed by atoms with Gasteiger partial charge in [0.15, 0.2) is 0 Å². The molecule has 0 N–H and O–H groups in total. The van der Waals surface area contributed by atoms with Gasteiger partial charge in [-0.05, 0) is 48.7 Å². The molecule has 150 valence electrons. The van der Waals surface area contributed by atoms with Crippen LogP contribution < -0.4 is 9.47 Å². The highest BCUT2D eigenvalue weighted by Crippen LogP contribution is 2.26. The van der Waals surface area contributed by atoms with Crippen molar-refractivity contribution in [1.29, 1.82) is 0 Å². The molecule has 1 atom stereocenters. The normalized spacial score (nSPS) is 16.7. The van der Waals surface area contributed by atoms with Crippen LogP contribution in [0.2, 0.25) is 10.0 Å². The molecule has 1 aliphatic heterocycles. The molecule has 0 spiro atoms. The molecule has 1 amide bonds. The topological polar surface area (TPSA) is 48.0 Å². The Morgan fingerprint density at radius 1 is 1.11 bits per heavy atom. The van der Waals surface area contributed by atoms with E-state index in [1.807, 2.05) is 18.2 Å². The summed E-state index contributed by atoms with van der Waals surface area (Å²) in [5.41, 5.74) is 1.42. The van der Waals surface area contributed by atoms with Crippen LogP contribution in [0.3, 0.4) is 0 Å². The Kier molecular flexibility index (Phi) is 7.05. The largest absolute Gasteiger partial charge is 0.497 e. The lowest BCUT2D eigenvalue weighted by Crippen LogP contribution is -2.43. The van der Waals surface area contributed by atoms with E-state index >= 15 is 0 Å². The van der Waals surface area contributed by atoms with Crippen LogP contribution in [0.1, 0.15) is 28.8 Å². The molecule has 1 aliphatic rings. The van der Waals surface area contributed by atoms with Crippen LogP contribution in [-0.4, -0.2) is 44.2 Å². The van der Waals surface area contributed by atoms with E-state index in [2.05, 4.69) is 0 Å². The van der Waals surface area contributed by atoms with Crippen molar-refractivity contribution in [1.82, 2.24) is 4.90 Å². The van der Waals surface area contributed by atoms with E-state index in [9.17, 15) is 4.79 Å². The molecule has 5 nitrogen and oxygen atoms in total. The molecule has 2 aromatic rings. The number of methoxy groups -OCH3 is 2. The van der Waals surface area contributed by atoms with E-state index in [4.69, 9.17) is 37.4 Å². The van der Waals surface area contributed by atoms with Crippen LogP contribution in [0.15, 0.2) is 36.4 Å². The molecule has 1 saturated heterocycles. The van der Waals surface area contributed by atoms with Crippen molar-refractivity contribution in [2.75, 3.05) is 27.3 Å². The van der Waals surface area contributed by atoms with Gasteiger partial charge in [0.2, 0.25) is 0 Å². The zero-order chi connectivity index (χ0) is 20.1. The Hall–Kier alpha value is -1.95. The Bertz CT molecular complexity index is 821. The molecule has 7 heteroatoms. The number of benzene rings is 2. The summed E-state index contributed by atoms with van der Waals surface area (Å²) in [6.45, 7) is 1.63. The number of hydrogen-bond donors (Lipinski definition) is 0. The van der Waals surface area contributed by atoms with Gasteiger partial charge in [0.25, 0.3) is 5.91 Å². The van der Waals surface area contributed by atoms with Crippen LogP contribution in [0.5, 0.6) is 11.5 Å². The summed E-state index contributed by atoms with van der Waals surface area (Å²) >= 11 is 12.1. The lowest BCUT2D eigenvalue weighted by atomic mass is 10.1. The van der Waals surface area contributed by atoms with Gasteiger partial charge >= 0.3 is 0 Å². The van der Waals surface area contributed by atoms with Gasteiger partial charge in [-0.1, -0.05) is 23.2 Å². The third-order valence-electron chi connectivity index (χ3n) is 4.72. The second kappa shape index (κ2) is 9.50. The average molecular weight is 424 g/mol. The molecular weight excluding hydrogens is 401 g/mol. The highest BCUT2D eigenvalue weighted by Gasteiger charge is 2.26. The number of piperidine rings is 1. The van der Waals surface area contributed by atoms with Crippen LogP contribution >= 0.6 is 23.2 Å².